The van der Waals surface area contributed by atoms with Gasteiger partial charge in [-0.15, -0.1) is 0 Å². The number of carbonyl (C=O) groups is 1. The fraction of sp³-hybridized carbons (Fsp3) is 0.533. The van der Waals surface area contributed by atoms with Gasteiger partial charge in [-0.05, 0) is 24.9 Å². The Balaban J connectivity index is 2.23. The second-order valence-electron chi connectivity index (χ2n) is 4.77. The Labute approximate surface area is 110 Å². The largest absolute Gasteiger partial charge is 0.466 e. The fourth-order valence-electron chi connectivity index (χ4n) is 2.00. The van der Waals surface area contributed by atoms with Crippen molar-refractivity contribution in [1.29, 1.82) is 0 Å². The summed E-state index contributed by atoms with van der Waals surface area (Å²) >= 11 is 0. The molecule has 0 aliphatic heterocycles. The van der Waals surface area contributed by atoms with Crippen molar-refractivity contribution in [2.75, 3.05) is 26.7 Å². The normalized spacial score (nSPS) is 12.4. The molecule has 0 saturated heterocycles. The second-order valence-corrected chi connectivity index (χ2v) is 4.77. The van der Waals surface area contributed by atoms with Crippen molar-refractivity contribution in [1.82, 2.24) is 4.90 Å². The summed E-state index contributed by atoms with van der Waals surface area (Å²) in [7, 11) is 2.10. The van der Waals surface area contributed by atoms with Crippen LogP contribution in [0.4, 0.5) is 0 Å². The highest BCUT2D eigenvalue weighted by Crippen LogP contribution is 2.15. The van der Waals surface area contributed by atoms with Crippen LogP contribution in [0.25, 0.3) is 0 Å². The molecule has 1 unspecified atom stereocenters. The highest BCUT2D eigenvalue weighted by atomic mass is 16.5. The summed E-state index contributed by atoms with van der Waals surface area (Å²) in [6, 6.07) is 10.5. The molecule has 0 saturated carbocycles. The van der Waals surface area contributed by atoms with E-state index in [1.807, 2.05) is 6.07 Å². The third-order valence-corrected chi connectivity index (χ3v) is 2.94. The molecule has 1 atom stereocenters. The minimum Gasteiger partial charge on any atom is -0.466 e. The maximum absolute atomic E-state index is 10.6. The van der Waals surface area contributed by atoms with E-state index in [0.29, 0.717) is 12.5 Å². The van der Waals surface area contributed by atoms with Gasteiger partial charge in [0.05, 0.1) is 6.61 Å². The molecule has 3 nitrogen and oxygen atoms in total. The molecule has 100 valence electrons. The van der Waals surface area contributed by atoms with E-state index < -0.39 is 0 Å². The van der Waals surface area contributed by atoms with Crippen LogP contribution < -0.4 is 0 Å². The van der Waals surface area contributed by atoms with E-state index >= 15 is 0 Å². The monoisotopic (exact) mass is 249 g/mol. The molecule has 18 heavy (non-hydrogen) atoms. The van der Waals surface area contributed by atoms with E-state index in [4.69, 9.17) is 4.74 Å². The summed E-state index contributed by atoms with van der Waals surface area (Å²) in [6.07, 6.45) is 0.886. The van der Waals surface area contributed by atoms with Crippen LogP contribution >= 0.6 is 0 Å². The molecular weight excluding hydrogens is 226 g/mol. The van der Waals surface area contributed by atoms with Gasteiger partial charge in [0.2, 0.25) is 0 Å². The lowest BCUT2D eigenvalue weighted by Gasteiger charge is -2.21. The molecular formula is C15H23NO2. The van der Waals surface area contributed by atoms with E-state index in [2.05, 4.69) is 43.1 Å². The van der Waals surface area contributed by atoms with Gasteiger partial charge >= 0.3 is 5.97 Å². The van der Waals surface area contributed by atoms with Crippen LogP contribution in [0.5, 0.6) is 0 Å². The number of ether oxygens (including phenoxy) is 1. The van der Waals surface area contributed by atoms with Crippen molar-refractivity contribution < 1.29 is 9.53 Å². The van der Waals surface area contributed by atoms with Crippen LogP contribution in [-0.4, -0.2) is 37.6 Å². The Morgan fingerprint density at radius 3 is 2.61 bits per heavy atom. The summed E-state index contributed by atoms with van der Waals surface area (Å²) in [5, 5.41) is 0. The van der Waals surface area contributed by atoms with Gasteiger partial charge in [-0.1, -0.05) is 37.3 Å². The van der Waals surface area contributed by atoms with Crippen molar-refractivity contribution >= 4 is 5.97 Å². The molecule has 3 heteroatoms. The third-order valence-electron chi connectivity index (χ3n) is 2.94. The number of hydrogen-bond acceptors (Lipinski definition) is 3. The van der Waals surface area contributed by atoms with Crippen LogP contribution in [0.2, 0.25) is 0 Å². The van der Waals surface area contributed by atoms with Crippen LogP contribution in [-0.2, 0) is 9.53 Å². The Hall–Kier alpha value is -1.35. The molecule has 0 fully saturated rings. The van der Waals surface area contributed by atoms with Gasteiger partial charge in [0, 0.05) is 20.0 Å². The smallest absolute Gasteiger partial charge is 0.302 e. The zero-order valence-electron chi connectivity index (χ0n) is 11.6. The number of rotatable bonds is 7. The fourth-order valence-corrected chi connectivity index (χ4v) is 2.00. The van der Waals surface area contributed by atoms with Crippen LogP contribution in [0.1, 0.15) is 31.7 Å². The van der Waals surface area contributed by atoms with Gasteiger partial charge in [-0.25, -0.2) is 0 Å². The van der Waals surface area contributed by atoms with Gasteiger partial charge in [0.1, 0.15) is 0 Å². The molecule has 0 heterocycles. The Kier molecular flexibility index (Phi) is 6.44. The second kappa shape index (κ2) is 7.88. The minimum absolute atomic E-state index is 0.199. The zero-order chi connectivity index (χ0) is 13.4. The molecule has 1 aromatic carbocycles. The lowest BCUT2D eigenvalue weighted by atomic mass is 10.0. The number of nitrogens with zero attached hydrogens (tertiary/aromatic N) is 1. The first-order valence-corrected chi connectivity index (χ1v) is 6.46. The molecule has 1 aromatic rings. The molecule has 0 spiro atoms. The van der Waals surface area contributed by atoms with Crippen molar-refractivity contribution in [3.63, 3.8) is 0 Å². The van der Waals surface area contributed by atoms with E-state index in [1.165, 1.54) is 12.5 Å². The van der Waals surface area contributed by atoms with E-state index in [-0.39, 0.29) is 5.97 Å². The predicted molar refractivity (Wildman–Crippen MR) is 73.6 cm³/mol. The minimum atomic E-state index is -0.199. The van der Waals surface area contributed by atoms with E-state index in [0.717, 1.165) is 19.5 Å². The number of benzene rings is 1. The molecule has 0 radical (unpaired) electrons. The molecule has 0 amide bonds. The van der Waals surface area contributed by atoms with Gasteiger partial charge in [0.15, 0.2) is 0 Å². The predicted octanol–water partition coefficient (Wildman–Crippen LogP) is 2.68. The number of carbonyl (C=O) groups excluding carboxylic acids is 1. The van der Waals surface area contributed by atoms with Crippen molar-refractivity contribution in [2.24, 2.45) is 0 Å². The van der Waals surface area contributed by atoms with Gasteiger partial charge in [-0.3, -0.25) is 4.79 Å². The van der Waals surface area contributed by atoms with E-state index in [1.54, 1.807) is 0 Å². The summed E-state index contributed by atoms with van der Waals surface area (Å²) in [5.74, 6) is 0.320. The van der Waals surface area contributed by atoms with Gasteiger partial charge in [0.25, 0.3) is 0 Å². The van der Waals surface area contributed by atoms with Crippen molar-refractivity contribution in [3.8, 4) is 0 Å². The summed E-state index contributed by atoms with van der Waals surface area (Å²) in [4.78, 5) is 12.9. The maximum Gasteiger partial charge on any atom is 0.302 e. The molecule has 0 aliphatic rings. The maximum atomic E-state index is 10.6. The third kappa shape index (κ3) is 5.82. The number of likely N-dealkylation sites (N-methyl/N-ethyl adjacent to an activating group) is 1. The quantitative estimate of drug-likeness (QED) is 0.549. The highest BCUT2D eigenvalue weighted by Gasteiger charge is 2.08. The first-order chi connectivity index (χ1) is 8.59. The molecule has 0 aliphatic carbocycles. The van der Waals surface area contributed by atoms with Gasteiger partial charge < -0.3 is 9.64 Å². The SMILES string of the molecule is CC(=O)OCCCN(C)CC(C)c1ccccc1. The molecule has 0 bridgehead atoms. The van der Waals surface area contributed by atoms with Crippen LogP contribution in [0.3, 0.4) is 0 Å². The Bertz CT molecular complexity index is 351. The lowest BCUT2D eigenvalue weighted by molar-refractivity contribution is -0.141. The number of esters is 1. The average molecular weight is 249 g/mol. The summed E-state index contributed by atoms with van der Waals surface area (Å²) in [5.41, 5.74) is 1.37. The number of hydrogen-bond donors (Lipinski definition) is 0. The first-order valence-electron chi connectivity index (χ1n) is 6.46. The Morgan fingerprint density at radius 1 is 1.33 bits per heavy atom. The highest BCUT2D eigenvalue weighted by molar-refractivity contribution is 5.65. The summed E-state index contributed by atoms with van der Waals surface area (Å²) in [6.45, 7) is 6.16. The molecule has 0 aromatic heterocycles. The van der Waals surface area contributed by atoms with Crippen LogP contribution in [0, 0.1) is 0 Å². The average Bonchev–Trinajstić information content (AvgIpc) is 2.35. The topological polar surface area (TPSA) is 29.5 Å². The standard InChI is InChI=1S/C15H23NO2/c1-13(15-8-5-4-6-9-15)12-16(3)10-7-11-18-14(2)17/h4-6,8-9,13H,7,10-12H2,1-3H3. The Morgan fingerprint density at radius 2 is 2.00 bits per heavy atom. The van der Waals surface area contributed by atoms with Crippen molar-refractivity contribution in [2.45, 2.75) is 26.2 Å². The zero-order valence-corrected chi connectivity index (χ0v) is 11.6. The van der Waals surface area contributed by atoms with E-state index in [9.17, 15) is 4.79 Å². The van der Waals surface area contributed by atoms with Gasteiger partial charge in [-0.2, -0.15) is 0 Å². The molecule has 1 rings (SSSR count). The van der Waals surface area contributed by atoms with Crippen molar-refractivity contribution in [3.05, 3.63) is 35.9 Å². The van der Waals surface area contributed by atoms with Crippen LogP contribution in [0.15, 0.2) is 30.3 Å². The first kappa shape index (κ1) is 14.7. The summed E-state index contributed by atoms with van der Waals surface area (Å²) < 4.78 is 4.92. The molecule has 0 N–H and O–H groups in total. The lowest BCUT2D eigenvalue weighted by Crippen LogP contribution is -2.25.